The minimum absolute atomic E-state index is 0.0472. The van der Waals surface area contributed by atoms with E-state index in [0.29, 0.717) is 24.9 Å². The van der Waals surface area contributed by atoms with Crippen LogP contribution in [0.25, 0.3) is 0 Å². The van der Waals surface area contributed by atoms with E-state index in [4.69, 9.17) is 4.74 Å². The summed E-state index contributed by atoms with van der Waals surface area (Å²) >= 11 is 0. The van der Waals surface area contributed by atoms with Crippen LogP contribution >= 0.6 is 0 Å². The van der Waals surface area contributed by atoms with Crippen LogP contribution in [0.2, 0.25) is 0 Å². The van der Waals surface area contributed by atoms with E-state index in [1.165, 1.54) is 5.56 Å². The highest BCUT2D eigenvalue weighted by Crippen LogP contribution is 2.33. The number of ether oxygens (including phenoxy) is 1. The van der Waals surface area contributed by atoms with Crippen LogP contribution in [-0.2, 0) is 9.53 Å². The molecule has 2 nitrogen and oxygen atoms in total. The molecule has 15 heavy (non-hydrogen) atoms. The molecule has 80 valence electrons. The molecule has 2 heteroatoms. The van der Waals surface area contributed by atoms with Gasteiger partial charge in [0.2, 0.25) is 0 Å². The van der Waals surface area contributed by atoms with Gasteiger partial charge < -0.3 is 4.74 Å². The van der Waals surface area contributed by atoms with Gasteiger partial charge >= 0.3 is 5.97 Å². The molecular weight excluding hydrogens is 188 g/mol. The second-order valence-corrected chi connectivity index (χ2v) is 4.07. The number of esters is 1. The van der Waals surface area contributed by atoms with Crippen molar-refractivity contribution in [3.05, 3.63) is 35.9 Å². The Bertz CT molecular complexity index is 332. The lowest BCUT2D eigenvalue weighted by Gasteiger charge is -2.30. The maximum absolute atomic E-state index is 11.2. The molecule has 1 aromatic rings. The topological polar surface area (TPSA) is 26.3 Å². The quantitative estimate of drug-likeness (QED) is 0.692. The number of cyclic esters (lactones) is 1. The summed E-state index contributed by atoms with van der Waals surface area (Å²) in [6, 6.07) is 10.3. The Hall–Kier alpha value is -1.31. The lowest BCUT2D eigenvalue weighted by atomic mass is 9.81. The van der Waals surface area contributed by atoms with Crippen LogP contribution in [0.1, 0.15) is 31.2 Å². The molecule has 0 N–H and O–H groups in total. The first-order valence-electron chi connectivity index (χ1n) is 5.52. The van der Waals surface area contributed by atoms with Crippen molar-refractivity contribution in [2.24, 2.45) is 5.92 Å². The van der Waals surface area contributed by atoms with Gasteiger partial charge in [-0.1, -0.05) is 43.7 Å². The van der Waals surface area contributed by atoms with Crippen molar-refractivity contribution in [3.63, 3.8) is 0 Å². The zero-order valence-corrected chi connectivity index (χ0v) is 8.98. The van der Waals surface area contributed by atoms with Gasteiger partial charge in [0.15, 0.2) is 0 Å². The summed E-state index contributed by atoms with van der Waals surface area (Å²) in [4.78, 5) is 11.2. The normalized spacial score (nSPS) is 26.1. The number of hydrogen-bond donors (Lipinski definition) is 0. The third-order valence-corrected chi connectivity index (χ3v) is 3.17. The molecular formula is C13H16O2. The van der Waals surface area contributed by atoms with E-state index in [0.717, 1.165) is 6.42 Å². The predicted octanol–water partition coefficient (Wildman–Crippen LogP) is 2.74. The second-order valence-electron chi connectivity index (χ2n) is 4.07. The van der Waals surface area contributed by atoms with Gasteiger partial charge in [-0.25, -0.2) is 0 Å². The summed E-state index contributed by atoms with van der Waals surface area (Å²) in [6.07, 6.45) is 1.60. The Balaban J connectivity index is 2.17. The molecule has 0 radical (unpaired) electrons. The number of hydrogen-bond acceptors (Lipinski definition) is 2. The maximum atomic E-state index is 11.2. The monoisotopic (exact) mass is 204 g/mol. The van der Waals surface area contributed by atoms with E-state index < -0.39 is 0 Å². The molecule has 1 aliphatic heterocycles. The minimum Gasteiger partial charge on any atom is -0.465 e. The number of carbonyl (C=O) groups excluding carboxylic acids is 1. The summed E-state index contributed by atoms with van der Waals surface area (Å²) in [5.41, 5.74) is 1.29. The molecule has 2 atom stereocenters. The van der Waals surface area contributed by atoms with E-state index in [1.807, 2.05) is 18.2 Å². The average Bonchev–Trinajstić information content (AvgIpc) is 2.30. The predicted molar refractivity (Wildman–Crippen MR) is 58.5 cm³/mol. The molecule has 1 saturated heterocycles. The van der Waals surface area contributed by atoms with Crippen LogP contribution in [0.3, 0.4) is 0 Å². The fourth-order valence-electron chi connectivity index (χ4n) is 2.23. The third kappa shape index (κ3) is 2.20. The highest BCUT2D eigenvalue weighted by Gasteiger charge is 2.30. The first-order chi connectivity index (χ1) is 7.31. The molecule has 0 amide bonds. The van der Waals surface area contributed by atoms with E-state index in [-0.39, 0.29) is 5.97 Å². The highest BCUT2D eigenvalue weighted by atomic mass is 16.5. The Morgan fingerprint density at radius 1 is 1.33 bits per heavy atom. The fourth-order valence-corrected chi connectivity index (χ4v) is 2.23. The Labute approximate surface area is 90.3 Å². The summed E-state index contributed by atoms with van der Waals surface area (Å²) < 4.78 is 5.14. The van der Waals surface area contributed by atoms with Crippen LogP contribution in [0.5, 0.6) is 0 Å². The summed E-state index contributed by atoms with van der Waals surface area (Å²) in [5, 5.41) is 0. The minimum atomic E-state index is -0.0472. The standard InChI is InChI=1S/C13H16O2/c1-2-10-8-13(14)15-9-12(10)11-6-4-3-5-7-11/h3-7,10,12H,2,8-9H2,1H3. The zero-order valence-electron chi connectivity index (χ0n) is 8.98. The molecule has 0 aromatic heterocycles. The van der Waals surface area contributed by atoms with E-state index >= 15 is 0 Å². The van der Waals surface area contributed by atoms with Gasteiger partial charge in [-0.2, -0.15) is 0 Å². The van der Waals surface area contributed by atoms with Crippen molar-refractivity contribution in [2.75, 3.05) is 6.61 Å². The maximum Gasteiger partial charge on any atom is 0.306 e. The van der Waals surface area contributed by atoms with Gasteiger partial charge in [0.1, 0.15) is 0 Å². The Morgan fingerprint density at radius 2 is 2.07 bits per heavy atom. The van der Waals surface area contributed by atoms with Gasteiger partial charge in [-0.15, -0.1) is 0 Å². The van der Waals surface area contributed by atoms with Gasteiger partial charge in [-0.3, -0.25) is 4.79 Å². The summed E-state index contributed by atoms with van der Waals surface area (Å²) in [5.74, 6) is 0.775. The molecule has 0 bridgehead atoms. The number of rotatable bonds is 2. The van der Waals surface area contributed by atoms with E-state index in [2.05, 4.69) is 19.1 Å². The molecule has 0 saturated carbocycles. The first-order valence-corrected chi connectivity index (χ1v) is 5.52. The summed E-state index contributed by atoms with van der Waals surface area (Å²) in [7, 11) is 0. The van der Waals surface area contributed by atoms with Crippen LogP contribution in [0.4, 0.5) is 0 Å². The lowest BCUT2D eigenvalue weighted by molar-refractivity contribution is -0.150. The van der Waals surface area contributed by atoms with Crippen LogP contribution in [0.15, 0.2) is 30.3 Å². The average molecular weight is 204 g/mol. The van der Waals surface area contributed by atoms with Gasteiger partial charge in [-0.05, 0) is 11.5 Å². The third-order valence-electron chi connectivity index (χ3n) is 3.17. The number of benzene rings is 1. The highest BCUT2D eigenvalue weighted by molar-refractivity contribution is 5.70. The van der Waals surface area contributed by atoms with Crippen LogP contribution in [0, 0.1) is 5.92 Å². The molecule has 2 rings (SSSR count). The van der Waals surface area contributed by atoms with Gasteiger partial charge in [0.25, 0.3) is 0 Å². The smallest absolute Gasteiger partial charge is 0.306 e. The van der Waals surface area contributed by atoms with Crippen molar-refractivity contribution in [1.29, 1.82) is 0 Å². The Morgan fingerprint density at radius 3 is 2.73 bits per heavy atom. The molecule has 0 aliphatic carbocycles. The van der Waals surface area contributed by atoms with E-state index in [9.17, 15) is 4.79 Å². The molecule has 1 fully saturated rings. The SMILES string of the molecule is CCC1CC(=O)OCC1c1ccccc1. The first kappa shape index (κ1) is 10.2. The van der Waals surface area contributed by atoms with E-state index in [1.54, 1.807) is 0 Å². The van der Waals surface area contributed by atoms with Crippen LogP contribution < -0.4 is 0 Å². The van der Waals surface area contributed by atoms with Crippen LogP contribution in [-0.4, -0.2) is 12.6 Å². The van der Waals surface area contributed by atoms with Crippen molar-refractivity contribution in [2.45, 2.75) is 25.7 Å². The molecule has 1 aromatic carbocycles. The van der Waals surface area contributed by atoms with Gasteiger partial charge in [0.05, 0.1) is 6.61 Å². The van der Waals surface area contributed by atoms with Crippen molar-refractivity contribution in [3.8, 4) is 0 Å². The summed E-state index contributed by atoms with van der Waals surface area (Å²) in [6.45, 7) is 2.68. The molecule has 2 unspecified atom stereocenters. The Kier molecular flexibility index (Phi) is 3.05. The molecule has 0 spiro atoms. The lowest BCUT2D eigenvalue weighted by Crippen LogP contribution is -2.28. The molecule has 1 heterocycles. The van der Waals surface area contributed by atoms with Crippen molar-refractivity contribution < 1.29 is 9.53 Å². The largest absolute Gasteiger partial charge is 0.465 e. The van der Waals surface area contributed by atoms with Gasteiger partial charge in [0, 0.05) is 12.3 Å². The zero-order chi connectivity index (χ0) is 10.7. The molecule has 1 aliphatic rings. The number of carbonyl (C=O) groups is 1. The van der Waals surface area contributed by atoms with Crippen molar-refractivity contribution in [1.82, 2.24) is 0 Å². The second kappa shape index (κ2) is 4.47. The fraction of sp³-hybridized carbons (Fsp3) is 0.462. The van der Waals surface area contributed by atoms with Crippen molar-refractivity contribution >= 4 is 5.97 Å².